The molecule has 0 aromatic carbocycles. The van der Waals surface area contributed by atoms with Crippen molar-refractivity contribution in [3.8, 4) is 0 Å². The van der Waals surface area contributed by atoms with Crippen LogP contribution in [0.5, 0.6) is 0 Å². The highest BCUT2D eigenvalue weighted by molar-refractivity contribution is 7.11. The van der Waals surface area contributed by atoms with Gasteiger partial charge in [0.1, 0.15) is 0 Å². The van der Waals surface area contributed by atoms with E-state index in [-0.39, 0.29) is 17.9 Å². The molecule has 1 saturated carbocycles. The van der Waals surface area contributed by atoms with Crippen molar-refractivity contribution in [2.24, 2.45) is 5.92 Å². The largest absolute Gasteiger partial charge is 0.490 e. The lowest BCUT2D eigenvalue weighted by molar-refractivity contribution is -0.192. The van der Waals surface area contributed by atoms with Gasteiger partial charge in [0.15, 0.2) is 0 Å². The van der Waals surface area contributed by atoms with Gasteiger partial charge < -0.3 is 15.2 Å². The van der Waals surface area contributed by atoms with Crippen LogP contribution in [0, 0.1) is 12.8 Å². The fraction of sp³-hybridized carbons (Fsp3) is 0.684. The van der Waals surface area contributed by atoms with Gasteiger partial charge in [-0.2, -0.15) is 13.2 Å². The number of nitrogens with zero attached hydrogens (tertiary/aromatic N) is 1. The average molecular weight is 434 g/mol. The van der Waals surface area contributed by atoms with Crippen LogP contribution in [0.15, 0.2) is 12.1 Å². The first-order valence-electron chi connectivity index (χ1n) is 9.65. The second-order valence-electron chi connectivity index (χ2n) is 7.73. The number of hydrogen-bond donors (Lipinski definition) is 2. The second kappa shape index (κ2) is 9.01. The summed E-state index contributed by atoms with van der Waals surface area (Å²) in [5.74, 6) is -2.43. The van der Waals surface area contributed by atoms with Crippen LogP contribution in [0.4, 0.5) is 13.2 Å². The second-order valence-corrected chi connectivity index (χ2v) is 9.10. The molecule has 10 heteroatoms. The van der Waals surface area contributed by atoms with Crippen molar-refractivity contribution < 1.29 is 32.6 Å². The molecule has 0 spiro atoms. The van der Waals surface area contributed by atoms with E-state index in [1.54, 1.807) is 0 Å². The van der Waals surface area contributed by atoms with Crippen LogP contribution in [-0.4, -0.2) is 59.4 Å². The molecule has 6 nitrogen and oxygen atoms in total. The van der Waals surface area contributed by atoms with Crippen LogP contribution in [-0.2, 0) is 20.9 Å². The average Bonchev–Trinajstić information content (AvgIpc) is 3.14. The lowest BCUT2D eigenvalue weighted by atomic mass is 9.89. The molecule has 1 amide bonds. The highest BCUT2D eigenvalue weighted by Crippen LogP contribution is 2.34. The molecule has 162 valence electrons. The number of thiophene rings is 1. The minimum absolute atomic E-state index is 0.0843. The third-order valence-electron chi connectivity index (χ3n) is 5.31. The zero-order valence-corrected chi connectivity index (χ0v) is 16.9. The molecule has 1 aromatic rings. The molecule has 3 aliphatic rings. The lowest BCUT2D eigenvalue weighted by Crippen LogP contribution is -2.52. The molecule has 3 atom stereocenters. The van der Waals surface area contributed by atoms with Gasteiger partial charge in [-0.05, 0) is 44.7 Å². The molecule has 4 rings (SSSR count). The van der Waals surface area contributed by atoms with E-state index in [0.717, 1.165) is 45.4 Å². The monoisotopic (exact) mass is 434 g/mol. The van der Waals surface area contributed by atoms with Crippen LogP contribution in [0.2, 0.25) is 0 Å². The van der Waals surface area contributed by atoms with E-state index in [1.165, 1.54) is 9.75 Å². The Balaban J connectivity index is 0.000000298. The number of alkyl halides is 3. The van der Waals surface area contributed by atoms with Crippen LogP contribution < -0.4 is 5.32 Å². The third kappa shape index (κ3) is 6.16. The molecule has 2 aliphatic heterocycles. The Labute approximate surface area is 171 Å². The van der Waals surface area contributed by atoms with Crippen LogP contribution in [0.3, 0.4) is 0 Å². The van der Waals surface area contributed by atoms with Crippen molar-refractivity contribution in [3.63, 3.8) is 0 Å². The predicted octanol–water partition coefficient (Wildman–Crippen LogP) is 2.95. The van der Waals surface area contributed by atoms with E-state index < -0.39 is 12.1 Å². The normalized spacial score (nSPS) is 27.0. The predicted molar refractivity (Wildman–Crippen MR) is 101 cm³/mol. The molecule has 0 bridgehead atoms. The van der Waals surface area contributed by atoms with Crippen LogP contribution in [0.1, 0.15) is 35.4 Å². The quantitative estimate of drug-likeness (QED) is 0.762. The smallest absolute Gasteiger partial charge is 0.475 e. The van der Waals surface area contributed by atoms with Crippen LogP contribution in [0.25, 0.3) is 0 Å². The summed E-state index contributed by atoms with van der Waals surface area (Å²) >= 11 is 1.86. The van der Waals surface area contributed by atoms with Gasteiger partial charge in [0.2, 0.25) is 5.91 Å². The summed E-state index contributed by atoms with van der Waals surface area (Å²) in [4.78, 5) is 26.6. The molecule has 0 unspecified atom stereocenters. The summed E-state index contributed by atoms with van der Waals surface area (Å²) in [5.41, 5.74) is 0. The number of carbonyl (C=O) groups is 2. The zero-order valence-electron chi connectivity index (χ0n) is 16.1. The van der Waals surface area contributed by atoms with Crippen molar-refractivity contribution >= 4 is 23.2 Å². The van der Waals surface area contributed by atoms with Crippen molar-refractivity contribution in [1.82, 2.24) is 10.2 Å². The molecule has 3 heterocycles. The zero-order chi connectivity index (χ0) is 21.2. The number of aliphatic carboxylic acids is 1. The maximum atomic E-state index is 12.4. The van der Waals surface area contributed by atoms with Gasteiger partial charge in [-0.15, -0.1) is 11.3 Å². The van der Waals surface area contributed by atoms with Crippen molar-refractivity contribution in [2.75, 3.05) is 13.2 Å². The van der Waals surface area contributed by atoms with Gasteiger partial charge >= 0.3 is 12.1 Å². The molecule has 0 radical (unpaired) electrons. The molecule has 2 N–H and O–H groups in total. The summed E-state index contributed by atoms with van der Waals surface area (Å²) in [5, 5.41) is 10.3. The van der Waals surface area contributed by atoms with Gasteiger partial charge in [0.25, 0.3) is 0 Å². The fourth-order valence-corrected chi connectivity index (χ4v) is 4.66. The number of likely N-dealkylation sites (tertiary alicyclic amines) is 1. The highest BCUT2D eigenvalue weighted by Gasteiger charge is 2.43. The fourth-order valence-electron chi connectivity index (χ4n) is 3.74. The van der Waals surface area contributed by atoms with E-state index in [9.17, 15) is 18.0 Å². The number of fused-ring (bicyclic) bond motifs is 1. The highest BCUT2D eigenvalue weighted by atomic mass is 32.1. The number of carboxylic acid groups (broad SMARTS) is 1. The van der Waals surface area contributed by atoms with Gasteiger partial charge in [-0.1, -0.05) is 0 Å². The summed E-state index contributed by atoms with van der Waals surface area (Å²) in [6.07, 6.45) is -0.544. The molecular formula is C19H25F3N2O4S. The Morgan fingerprint density at radius 2 is 2.00 bits per heavy atom. The van der Waals surface area contributed by atoms with E-state index in [4.69, 9.17) is 14.6 Å². The van der Waals surface area contributed by atoms with Crippen LogP contribution >= 0.6 is 11.3 Å². The van der Waals surface area contributed by atoms with E-state index in [2.05, 4.69) is 29.3 Å². The Morgan fingerprint density at radius 3 is 2.55 bits per heavy atom. The maximum Gasteiger partial charge on any atom is 0.490 e. The van der Waals surface area contributed by atoms with E-state index >= 15 is 0 Å². The van der Waals surface area contributed by atoms with Gasteiger partial charge in [0.05, 0.1) is 12.0 Å². The first-order chi connectivity index (χ1) is 13.6. The summed E-state index contributed by atoms with van der Waals surface area (Å²) in [6, 6.07) is 5.35. The van der Waals surface area contributed by atoms with Crippen molar-refractivity contribution in [3.05, 3.63) is 21.9 Å². The Bertz CT molecular complexity index is 735. The van der Waals surface area contributed by atoms with Crippen molar-refractivity contribution in [2.45, 2.75) is 63.5 Å². The SMILES string of the molecule is Cc1ccc(CN2C[C@@H](C(=O)NC3CC3)C[C@H]3OCC[C@H]32)s1.O=C(O)C(F)(F)F. The molecule has 3 fully saturated rings. The number of halogens is 3. The molecule has 29 heavy (non-hydrogen) atoms. The van der Waals surface area contributed by atoms with Gasteiger partial charge in [-0.25, -0.2) is 4.79 Å². The van der Waals surface area contributed by atoms with Gasteiger partial charge in [-0.3, -0.25) is 9.69 Å². The standard InChI is InChI=1S/C17H24N2O2S.C2HF3O2/c1-11-2-5-14(22-11)10-19-9-12(17(20)18-13-3-4-13)8-16-15(19)6-7-21-16;3-2(4,5)1(6)7/h2,5,12-13,15-16H,3-4,6-10H2,1H3,(H,18,20);(H,6,7)/t12-,15+,16+;/m0./s1. The van der Waals surface area contributed by atoms with E-state index in [1.807, 2.05) is 11.3 Å². The molecular weight excluding hydrogens is 409 g/mol. The Hall–Kier alpha value is -1.65. The molecule has 1 aliphatic carbocycles. The van der Waals surface area contributed by atoms with Crippen molar-refractivity contribution in [1.29, 1.82) is 0 Å². The number of carbonyl (C=O) groups excluding carboxylic acids is 1. The maximum absolute atomic E-state index is 12.4. The Morgan fingerprint density at radius 1 is 1.31 bits per heavy atom. The first kappa shape index (κ1) is 22.0. The first-order valence-corrected chi connectivity index (χ1v) is 10.5. The summed E-state index contributed by atoms with van der Waals surface area (Å²) < 4.78 is 37.6. The number of carboxylic acids is 1. The number of aryl methyl sites for hydroxylation is 1. The lowest BCUT2D eigenvalue weighted by Gasteiger charge is -2.40. The third-order valence-corrected chi connectivity index (χ3v) is 6.29. The Kier molecular flexibility index (Phi) is 6.85. The number of hydrogen-bond acceptors (Lipinski definition) is 5. The number of nitrogens with one attached hydrogen (secondary N) is 1. The number of rotatable bonds is 4. The minimum Gasteiger partial charge on any atom is -0.475 e. The number of ether oxygens (including phenoxy) is 1. The minimum atomic E-state index is -5.08. The number of amides is 1. The van der Waals surface area contributed by atoms with E-state index in [0.29, 0.717) is 12.1 Å². The summed E-state index contributed by atoms with van der Waals surface area (Å²) in [7, 11) is 0. The molecule has 2 saturated heterocycles. The van der Waals surface area contributed by atoms with Gasteiger partial charge in [0, 0.05) is 41.5 Å². The summed E-state index contributed by atoms with van der Waals surface area (Å²) in [6.45, 7) is 4.82. The topological polar surface area (TPSA) is 78.9 Å². The molecule has 1 aromatic heterocycles. The number of piperidine rings is 1.